The SMILES string of the molecule is CC(C)NC[C@]1(O)CCCN(Cc2ccc(F)cc2)C1=O. The van der Waals surface area contributed by atoms with Crippen LogP contribution >= 0.6 is 0 Å². The van der Waals surface area contributed by atoms with Gasteiger partial charge in [0.25, 0.3) is 5.91 Å². The molecule has 2 rings (SSSR count). The third-order valence-corrected chi connectivity index (χ3v) is 3.79. The van der Waals surface area contributed by atoms with Crippen LogP contribution in [0.4, 0.5) is 4.39 Å². The summed E-state index contributed by atoms with van der Waals surface area (Å²) in [6.07, 6.45) is 1.24. The Morgan fingerprint density at radius 1 is 1.38 bits per heavy atom. The summed E-state index contributed by atoms with van der Waals surface area (Å²) in [5.74, 6) is -0.535. The second-order valence-corrected chi connectivity index (χ2v) is 6.02. The van der Waals surface area contributed by atoms with Crippen LogP contribution in [0.25, 0.3) is 0 Å². The van der Waals surface area contributed by atoms with Crippen LogP contribution in [0.2, 0.25) is 0 Å². The summed E-state index contributed by atoms with van der Waals surface area (Å²) in [5, 5.41) is 13.7. The van der Waals surface area contributed by atoms with Crippen LogP contribution in [-0.4, -0.2) is 40.6 Å². The highest BCUT2D eigenvalue weighted by Crippen LogP contribution is 2.24. The van der Waals surface area contributed by atoms with Crippen molar-refractivity contribution < 1.29 is 14.3 Å². The van der Waals surface area contributed by atoms with E-state index < -0.39 is 5.60 Å². The molecule has 0 saturated carbocycles. The number of hydrogen-bond donors (Lipinski definition) is 2. The minimum atomic E-state index is -1.33. The van der Waals surface area contributed by atoms with E-state index in [1.54, 1.807) is 17.0 Å². The Bertz CT molecular complexity index is 490. The van der Waals surface area contributed by atoms with Gasteiger partial charge in [-0.2, -0.15) is 0 Å². The van der Waals surface area contributed by atoms with Crippen molar-refractivity contribution in [1.82, 2.24) is 10.2 Å². The molecule has 2 N–H and O–H groups in total. The molecular weight excluding hydrogens is 271 g/mol. The maximum atomic E-state index is 12.9. The van der Waals surface area contributed by atoms with Crippen molar-refractivity contribution in [2.75, 3.05) is 13.1 Å². The molecule has 21 heavy (non-hydrogen) atoms. The molecule has 1 atom stereocenters. The van der Waals surface area contributed by atoms with Crippen molar-refractivity contribution in [2.45, 2.75) is 44.9 Å². The number of nitrogens with one attached hydrogen (secondary N) is 1. The highest BCUT2D eigenvalue weighted by atomic mass is 19.1. The molecular formula is C16H23FN2O2. The maximum absolute atomic E-state index is 12.9. The average Bonchev–Trinajstić information content (AvgIpc) is 2.44. The fourth-order valence-corrected chi connectivity index (χ4v) is 2.56. The van der Waals surface area contributed by atoms with Gasteiger partial charge in [0.15, 0.2) is 5.60 Å². The summed E-state index contributed by atoms with van der Waals surface area (Å²) in [5.41, 5.74) is -0.464. The van der Waals surface area contributed by atoms with Crippen molar-refractivity contribution >= 4 is 5.91 Å². The summed E-state index contributed by atoms with van der Waals surface area (Å²) in [7, 11) is 0. The number of benzene rings is 1. The second kappa shape index (κ2) is 6.54. The van der Waals surface area contributed by atoms with Crippen LogP contribution < -0.4 is 5.32 Å². The van der Waals surface area contributed by atoms with Gasteiger partial charge in [0.05, 0.1) is 0 Å². The molecule has 0 aliphatic carbocycles. The van der Waals surface area contributed by atoms with Crippen LogP contribution in [-0.2, 0) is 11.3 Å². The van der Waals surface area contributed by atoms with Crippen molar-refractivity contribution in [3.63, 3.8) is 0 Å². The molecule has 1 fully saturated rings. The molecule has 1 aliphatic rings. The Morgan fingerprint density at radius 2 is 2.05 bits per heavy atom. The molecule has 1 aromatic rings. The molecule has 1 aromatic carbocycles. The molecule has 0 radical (unpaired) electrons. The summed E-state index contributed by atoms with van der Waals surface area (Å²) in [6.45, 7) is 5.26. The van der Waals surface area contributed by atoms with Gasteiger partial charge in [0.1, 0.15) is 5.82 Å². The first kappa shape index (κ1) is 15.9. The fraction of sp³-hybridized carbons (Fsp3) is 0.562. The zero-order valence-corrected chi connectivity index (χ0v) is 12.6. The molecule has 5 heteroatoms. The Kier molecular flexibility index (Phi) is 4.96. The average molecular weight is 294 g/mol. The lowest BCUT2D eigenvalue weighted by molar-refractivity contribution is -0.157. The number of aliphatic hydroxyl groups is 1. The number of carbonyl (C=O) groups excluding carboxylic acids is 1. The van der Waals surface area contributed by atoms with Crippen molar-refractivity contribution in [3.8, 4) is 0 Å². The van der Waals surface area contributed by atoms with Gasteiger partial charge in [-0.3, -0.25) is 4.79 Å². The van der Waals surface area contributed by atoms with Crippen molar-refractivity contribution in [1.29, 1.82) is 0 Å². The van der Waals surface area contributed by atoms with Crippen LogP contribution in [0, 0.1) is 5.82 Å². The number of amides is 1. The van der Waals surface area contributed by atoms with E-state index >= 15 is 0 Å². The van der Waals surface area contributed by atoms with Crippen LogP contribution in [0.5, 0.6) is 0 Å². The number of hydrogen-bond acceptors (Lipinski definition) is 3. The number of halogens is 1. The molecule has 1 saturated heterocycles. The Labute approximate surface area is 125 Å². The number of likely N-dealkylation sites (tertiary alicyclic amines) is 1. The van der Waals surface area contributed by atoms with Gasteiger partial charge in [-0.15, -0.1) is 0 Å². The van der Waals surface area contributed by atoms with Crippen LogP contribution in [0.1, 0.15) is 32.3 Å². The first-order chi connectivity index (χ1) is 9.90. The summed E-state index contributed by atoms with van der Waals surface area (Å²) < 4.78 is 12.9. The maximum Gasteiger partial charge on any atom is 0.256 e. The predicted octanol–water partition coefficient (Wildman–Crippen LogP) is 1.68. The quantitative estimate of drug-likeness (QED) is 0.868. The largest absolute Gasteiger partial charge is 0.379 e. The lowest BCUT2D eigenvalue weighted by atomic mass is 9.91. The standard InChI is InChI=1S/C16H23FN2O2/c1-12(2)18-11-16(21)8-3-9-19(15(16)20)10-13-4-6-14(17)7-5-13/h4-7,12,18,21H,3,8-11H2,1-2H3/t16-/m1/s1. The number of piperidine rings is 1. The second-order valence-electron chi connectivity index (χ2n) is 6.02. The molecule has 0 unspecified atom stereocenters. The molecule has 1 amide bonds. The van der Waals surface area contributed by atoms with E-state index in [1.165, 1.54) is 12.1 Å². The minimum absolute atomic E-state index is 0.217. The summed E-state index contributed by atoms with van der Waals surface area (Å²) >= 11 is 0. The Balaban J connectivity index is 2.03. The monoisotopic (exact) mass is 294 g/mol. The summed E-state index contributed by atoms with van der Waals surface area (Å²) in [4.78, 5) is 14.1. The van der Waals surface area contributed by atoms with Crippen molar-refractivity contribution in [3.05, 3.63) is 35.6 Å². The van der Waals surface area contributed by atoms with E-state index in [4.69, 9.17) is 0 Å². The van der Waals surface area contributed by atoms with Gasteiger partial charge in [0, 0.05) is 25.7 Å². The zero-order valence-electron chi connectivity index (χ0n) is 12.6. The molecule has 1 aliphatic heterocycles. The zero-order chi connectivity index (χ0) is 15.5. The normalized spacial score (nSPS) is 22.9. The van der Waals surface area contributed by atoms with Gasteiger partial charge in [-0.1, -0.05) is 26.0 Å². The van der Waals surface area contributed by atoms with E-state index in [-0.39, 0.29) is 24.3 Å². The van der Waals surface area contributed by atoms with Gasteiger partial charge < -0.3 is 15.3 Å². The number of nitrogens with zero attached hydrogens (tertiary/aromatic N) is 1. The Hall–Kier alpha value is -1.46. The lowest BCUT2D eigenvalue weighted by Gasteiger charge is -2.38. The van der Waals surface area contributed by atoms with E-state index in [0.717, 1.165) is 12.0 Å². The van der Waals surface area contributed by atoms with Crippen LogP contribution in [0.15, 0.2) is 24.3 Å². The number of carbonyl (C=O) groups is 1. The van der Waals surface area contributed by atoms with E-state index in [2.05, 4.69) is 5.32 Å². The van der Waals surface area contributed by atoms with Crippen LogP contribution in [0.3, 0.4) is 0 Å². The Morgan fingerprint density at radius 3 is 2.67 bits per heavy atom. The smallest absolute Gasteiger partial charge is 0.256 e. The number of rotatable bonds is 5. The first-order valence-electron chi connectivity index (χ1n) is 7.40. The highest BCUT2D eigenvalue weighted by Gasteiger charge is 2.41. The van der Waals surface area contributed by atoms with Crippen molar-refractivity contribution in [2.24, 2.45) is 0 Å². The van der Waals surface area contributed by atoms with Gasteiger partial charge in [-0.05, 0) is 30.5 Å². The summed E-state index contributed by atoms with van der Waals surface area (Å²) in [6, 6.07) is 6.33. The van der Waals surface area contributed by atoms with Gasteiger partial charge >= 0.3 is 0 Å². The molecule has 116 valence electrons. The topological polar surface area (TPSA) is 52.6 Å². The first-order valence-corrected chi connectivity index (χ1v) is 7.40. The molecule has 0 spiro atoms. The molecule has 0 aromatic heterocycles. The third kappa shape index (κ3) is 4.02. The highest BCUT2D eigenvalue weighted by molar-refractivity contribution is 5.86. The fourth-order valence-electron chi connectivity index (χ4n) is 2.56. The lowest BCUT2D eigenvalue weighted by Crippen LogP contribution is -2.58. The van der Waals surface area contributed by atoms with Gasteiger partial charge in [0.2, 0.25) is 0 Å². The van der Waals surface area contributed by atoms with Gasteiger partial charge in [-0.25, -0.2) is 4.39 Å². The molecule has 1 heterocycles. The third-order valence-electron chi connectivity index (χ3n) is 3.79. The molecule has 4 nitrogen and oxygen atoms in total. The van der Waals surface area contributed by atoms with E-state index in [1.807, 2.05) is 13.8 Å². The van der Waals surface area contributed by atoms with E-state index in [9.17, 15) is 14.3 Å². The minimum Gasteiger partial charge on any atom is -0.379 e. The predicted molar refractivity (Wildman–Crippen MR) is 79.1 cm³/mol. The van der Waals surface area contributed by atoms with E-state index in [0.29, 0.717) is 19.5 Å². The molecule has 0 bridgehead atoms.